The lowest BCUT2D eigenvalue weighted by molar-refractivity contribution is 0.0949. The van der Waals surface area contributed by atoms with Crippen LogP contribution < -0.4 is 15.7 Å². The Balaban J connectivity index is 1.96. The van der Waals surface area contributed by atoms with E-state index in [2.05, 4.69) is 15.6 Å². The van der Waals surface area contributed by atoms with Crippen LogP contribution in [0.5, 0.6) is 5.75 Å². The Morgan fingerprint density at radius 1 is 1.22 bits per heavy atom. The number of rotatable bonds is 4. The van der Waals surface area contributed by atoms with E-state index in [1.54, 1.807) is 56.5 Å². The number of methoxy groups -OCH3 is 1. The standard InChI is InChI=1S/C19H17ClN4O3/c1-11(15-10-12(20)8-9-16(15)27-3)21-22-18(25)17-13-6-4-5-7-14(13)19(26)24(2)23-17/h4-10H,1-3H3,(H,22,25)/b21-11-. The summed E-state index contributed by atoms with van der Waals surface area (Å²) in [6.45, 7) is 1.72. The number of nitrogens with one attached hydrogen (secondary N) is 1. The van der Waals surface area contributed by atoms with Gasteiger partial charge in [-0.1, -0.05) is 29.8 Å². The summed E-state index contributed by atoms with van der Waals surface area (Å²) in [6.07, 6.45) is 0. The van der Waals surface area contributed by atoms with Crippen molar-refractivity contribution in [3.05, 3.63) is 69.1 Å². The molecule has 1 aromatic heterocycles. The lowest BCUT2D eigenvalue weighted by Crippen LogP contribution is -2.27. The number of hydrazone groups is 1. The number of aromatic nitrogens is 2. The highest BCUT2D eigenvalue weighted by Crippen LogP contribution is 2.23. The van der Waals surface area contributed by atoms with E-state index in [9.17, 15) is 9.59 Å². The van der Waals surface area contributed by atoms with Gasteiger partial charge in [-0.3, -0.25) is 9.59 Å². The quantitative estimate of drug-likeness (QED) is 0.553. The van der Waals surface area contributed by atoms with Gasteiger partial charge in [0.2, 0.25) is 0 Å². The number of amides is 1. The third-order valence-corrected chi connectivity index (χ3v) is 4.28. The molecule has 2 aromatic carbocycles. The Hall–Kier alpha value is -3.19. The van der Waals surface area contributed by atoms with Gasteiger partial charge in [-0.2, -0.15) is 10.2 Å². The van der Waals surface area contributed by atoms with Crippen molar-refractivity contribution in [1.82, 2.24) is 15.2 Å². The summed E-state index contributed by atoms with van der Waals surface area (Å²) >= 11 is 6.03. The zero-order chi connectivity index (χ0) is 19.6. The molecule has 3 rings (SSSR count). The highest BCUT2D eigenvalue weighted by atomic mass is 35.5. The van der Waals surface area contributed by atoms with Crippen molar-refractivity contribution >= 4 is 34.0 Å². The maximum atomic E-state index is 12.6. The normalized spacial score (nSPS) is 11.5. The van der Waals surface area contributed by atoms with Gasteiger partial charge < -0.3 is 4.74 Å². The first kappa shape index (κ1) is 18.6. The summed E-state index contributed by atoms with van der Waals surface area (Å²) in [5.74, 6) is 0.0581. The second-order valence-electron chi connectivity index (χ2n) is 5.81. The Morgan fingerprint density at radius 3 is 2.63 bits per heavy atom. The van der Waals surface area contributed by atoms with E-state index in [0.29, 0.717) is 32.8 Å². The second-order valence-corrected chi connectivity index (χ2v) is 6.24. The molecule has 3 aromatic rings. The molecule has 0 bridgehead atoms. The van der Waals surface area contributed by atoms with Crippen molar-refractivity contribution in [2.45, 2.75) is 6.92 Å². The van der Waals surface area contributed by atoms with Gasteiger partial charge in [0.1, 0.15) is 5.75 Å². The monoisotopic (exact) mass is 384 g/mol. The number of ether oxygens (including phenoxy) is 1. The smallest absolute Gasteiger partial charge is 0.292 e. The molecule has 0 saturated heterocycles. The van der Waals surface area contributed by atoms with Gasteiger partial charge in [0.25, 0.3) is 11.5 Å². The van der Waals surface area contributed by atoms with E-state index >= 15 is 0 Å². The van der Waals surface area contributed by atoms with Crippen LogP contribution in [0.1, 0.15) is 23.0 Å². The summed E-state index contributed by atoms with van der Waals surface area (Å²) in [6, 6.07) is 11.9. The minimum atomic E-state index is -0.526. The van der Waals surface area contributed by atoms with Gasteiger partial charge in [0.15, 0.2) is 5.69 Å². The van der Waals surface area contributed by atoms with Crippen molar-refractivity contribution in [3.63, 3.8) is 0 Å². The molecule has 138 valence electrons. The summed E-state index contributed by atoms with van der Waals surface area (Å²) in [5.41, 5.74) is 3.49. The van der Waals surface area contributed by atoms with E-state index in [0.717, 1.165) is 4.68 Å². The number of hydrogen-bond acceptors (Lipinski definition) is 5. The molecule has 0 aliphatic rings. The Bertz CT molecular complexity index is 1120. The van der Waals surface area contributed by atoms with Gasteiger partial charge in [-0.25, -0.2) is 10.1 Å². The van der Waals surface area contributed by atoms with Crippen molar-refractivity contribution in [1.29, 1.82) is 0 Å². The van der Waals surface area contributed by atoms with E-state index in [1.807, 2.05) is 0 Å². The number of benzene rings is 2. The van der Waals surface area contributed by atoms with Gasteiger partial charge >= 0.3 is 0 Å². The van der Waals surface area contributed by atoms with Crippen LogP contribution >= 0.6 is 11.6 Å². The lowest BCUT2D eigenvalue weighted by atomic mass is 10.1. The van der Waals surface area contributed by atoms with Gasteiger partial charge in [0.05, 0.1) is 18.2 Å². The van der Waals surface area contributed by atoms with Crippen molar-refractivity contribution < 1.29 is 9.53 Å². The summed E-state index contributed by atoms with van der Waals surface area (Å²) in [7, 11) is 3.04. The minimum Gasteiger partial charge on any atom is -0.496 e. The number of fused-ring (bicyclic) bond motifs is 1. The Labute approximate surface area is 160 Å². The number of carbonyl (C=O) groups excluding carboxylic acids is 1. The molecule has 0 radical (unpaired) electrons. The van der Waals surface area contributed by atoms with Crippen LogP contribution in [-0.4, -0.2) is 28.5 Å². The third kappa shape index (κ3) is 3.68. The predicted octanol–water partition coefficient (Wildman–Crippen LogP) is 2.75. The maximum absolute atomic E-state index is 12.6. The first-order valence-corrected chi connectivity index (χ1v) is 8.44. The van der Waals surface area contributed by atoms with E-state index in [-0.39, 0.29) is 11.3 Å². The third-order valence-electron chi connectivity index (χ3n) is 4.05. The fourth-order valence-corrected chi connectivity index (χ4v) is 2.85. The highest BCUT2D eigenvalue weighted by Gasteiger charge is 2.15. The first-order valence-electron chi connectivity index (χ1n) is 8.07. The molecule has 0 fully saturated rings. The molecule has 1 N–H and O–H groups in total. The topological polar surface area (TPSA) is 85.6 Å². The SMILES string of the molecule is COc1ccc(Cl)cc1/C(C)=N\NC(=O)c1nn(C)c(=O)c2ccccc12. The van der Waals surface area contributed by atoms with Crippen LogP contribution in [0.3, 0.4) is 0 Å². The first-order chi connectivity index (χ1) is 12.9. The lowest BCUT2D eigenvalue weighted by Gasteiger charge is -2.09. The minimum absolute atomic E-state index is 0.113. The fourth-order valence-electron chi connectivity index (χ4n) is 2.68. The molecule has 0 atom stereocenters. The van der Waals surface area contributed by atoms with Crippen LogP contribution in [0, 0.1) is 0 Å². The van der Waals surface area contributed by atoms with Crippen LogP contribution in [0.4, 0.5) is 0 Å². The average Bonchev–Trinajstić information content (AvgIpc) is 2.68. The molecule has 1 heterocycles. The average molecular weight is 385 g/mol. The number of nitrogens with zero attached hydrogens (tertiary/aromatic N) is 3. The molecule has 8 heteroatoms. The van der Waals surface area contributed by atoms with E-state index in [4.69, 9.17) is 16.3 Å². The summed E-state index contributed by atoms with van der Waals surface area (Å²) < 4.78 is 6.43. The largest absolute Gasteiger partial charge is 0.496 e. The Kier molecular flexibility index (Phi) is 5.23. The van der Waals surface area contributed by atoms with Gasteiger partial charge in [-0.15, -0.1) is 0 Å². The van der Waals surface area contributed by atoms with E-state index in [1.165, 1.54) is 7.05 Å². The van der Waals surface area contributed by atoms with E-state index < -0.39 is 5.91 Å². The zero-order valence-corrected chi connectivity index (χ0v) is 15.7. The van der Waals surface area contributed by atoms with Crippen molar-refractivity contribution in [2.24, 2.45) is 12.1 Å². The molecule has 0 aliphatic carbocycles. The number of aryl methyl sites for hydroxylation is 1. The molecule has 0 saturated carbocycles. The van der Waals surface area contributed by atoms with Crippen LogP contribution in [-0.2, 0) is 7.05 Å². The molecule has 27 heavy (non-hydrogen) atoms. The maximum Gasteiger partial charge on any atom is 0.292 e. The highest BCUT2D eigenvalue weighted by molar-refractivity contribution is 6.31. The fraction of sp³-hybridized carbons (Fsp3) is 0.158. The van der Waals surface area contributed by atoms with Crippen molar-refractivity contribution in [3.8, 4) is 5.75 Å². The number of carbonyl (C=O) groups is 1. The van der Waals surface area contributed by atoms with Crippen LogP contribution in [0.25, 0.3) is 10.8 Å². The summed E-state index contributed by atoms with van der Waals surface area (Å²) in [4.78, 5) is 24.8. The summed E-state index contributed by atoms with van der Waals surface area (Å²) in [5, 5.41) is 9.61. The molecule has 0 spiro atoms. The molecule has 0 aliphatic heterocycles. The van der Waals surface area contributed by atoms with Gasteiger partial charge in [0, 0.05) is 23.0 Å². The van der Waals surface area contributed by atoms with Crippen LogP contribution in [0.15, 0.2) is 52.4 Å². The zero-order valence-electron chi connectivity index (χ0n) is 15.0. The van der Waals surface area contributed by atoms with Crippen molar-refractivity contribution in [2.75, 3.05) is 7.11 Å². The molecular weight excluding hydrogens is 368 g/mol. The second kappa shape index (κ2) is 7.59. The Morgan fingerprint density at radius 2 is 1.93 bits per heavy atom. The molecular formula is C19H17ClN4O3. The number of hydrogen-bond donors (Lipinski definition) is 1. The molecule has 0 unspecified atom stereocenters. The molecule has 1 amide bonds. The van der Waals surface area contributed by atoms with Crippen LogP contribution in [0.2, 0.25) is 5.02 Å². The molecule has 7 nitrogen and oxygen atoms in total. The number of halogens is 1. The van der Waals surface area contributed by atoms with Gasteiger partial charge in [-0.05, 0) is 31.2 Å². The predicted molar refractivity (Wildman–Crippen MR) is 105 cm³/mol.